The summed E-state index contributed by atoms with van der Waals surface area (Å²) in [5, 5.41) is 10.2. The van der Waals surface area contributed by atoms with Crippen molar-refractivity contribution < 1.29 is 19.0 Å². The molecule has 2 rings (SSSR count). The molecule has 0 aliphatic carbocycles. The Balaban J connectivity index is 2.21. The fraction of sp³-hybridized carbons (Fsp3) is 0.214. The predicted octanol–water partition coefficient (Wildman–Crippen LogP) is 1.75. The van der Waals surface area contributed by atoms with Crippen LogP contribution in [-0.4, -0.2) is 37.4 Å². The Labute approximate surface area is 121 Å². The Morgan fingerprint density at radius 3 is 2.38 bits per heavy atom. The van der Waals surface area contributed by atoms with Crippen molar-refractivity contribution in [1.29, 1.82) is 0 Å². The first-order chi connectivity index (χ1) is 10.2. The molecule has 110 valence electrons. The van der Waals surface area contributed by atoms with Crippen LogP contribution in [0.3, 0.4) is 0 Å². The van der Waals surface area contributed by atoms with Gasteiger partial charge in [0.2, 0.25) is 5.88 Å². The lowest BCUT2D eigenvalue weighted by atomic mass is 10.2. The molecule has 0 saturated carbocycles. The molecule has 0 bridgehead atoms. The second-order valence-electron chi connectivity index (χ2n) is 3.98. The molecule has 1 aromatic heterocycles. The number of anilines is 1. The lowest BCUT2D eigenvalue weighted by molar-refractivity contribution is 0.102. The highest BCUT2D eigenvalue weighted by Gasteiger charge is 2.12. The summed E-state index contributed by atoms with van der Waals surface area (Å²) in [6, 6.07) is 8.18. The summed E-state index contributed by atoms with van der Waals surface area (Å²) in [4.78, 5) is 12.1. The van der Waals surface area contributed by atoms with Crippen LogP contribution >= 0.6 is 0 Å². The van der Waals surface area contributed by atoms with Gasteiger partial charge in [0.15, 0.2) is 5.69 Å². The quantitative estimate of drug-likeness (QED) is 0.903. The number of nitrogens with zero attached hydrogens (tertiary/aromatic N) is 2. The zero-order valence-corrected chi connectivity index (χ0v) is 11.9. The van der Waals surface area contributed by atoms with Crippen molar-refractivity contribution in [2.45, 2.75) is 0 Å². The first-order valence-corrected chi connectivity index (χ1v) is 6.09. The number of ether oxygens (including phenoxy) is 3. The number of nitrogens with one attached hydrogen (secondary N) is 1. The van der Waals surface area contributed by atoms with Gasteiger partial charge in [0.25, 0.3) is 5.91 Å². The van der Waals surface area contributed by atoms with Gasteiger partial charge in [-0.05, 0) is 18.2 Å². The van der Waals surface area contributed by atoms with Crippen LogP contribution in [0.15, 0.2) is 30.3 Å². The number of carbonyl (C=O) groups is 1. The molecule has 0 fully saturated rings. The molecule has 0 aliphatic rings. The average molecular weight is 289 g/mol. The number of rotatable bonds is 5. The van der Waals surface area contributed by atoms with E-state index in [-0.39, 0.29) is 5.69 Å². The zero-order chi connectivity index (χ0) is 15.2. The highest BCUT2D eigenvalue weighted by Crippen LogP contribution is 2.29. The van der Waals surface area contributed by atoms with Crippen molar-refractivity contribution in [2.24, 2.45) is 0 Å². The molecule has 1 aromatic carbocycles. The van der Waals surface area contributed by atoms with E-state index in [9.17, 15) is 4.79 Å². The molecule has 2 aromatic rings. The van der Waals surface area contributed by atoms with Gasteiger partial charge in [-0.2, -0.15) is 0 Å². The first-order valence-electron chi connectivity index (χ1n) is 6.09. The van der Waals surface area contributed by atoms with Crippen LogP contribution in [0, 0.1) is 0 Å². The van der Waals surface area contributed by atoms with Crippen molar-refractivity contribution in [3.63, 3.8) is 0 Å². The second-order valence-corrected chi connectivity index (χ2v) is 3.98. The topological polar surface area (TPSA) is 82.6 Å². The van der Waals surface area contributed by atoms with Crippen LogP contribution in [0.4, 0.5) is 5.69 Å². The molecule has 7 nitrogen and oxygen atoms in total. The summed E-state index contributed by atoms with van der Waals surface area (Å²) in [5.74, 6) is 1.06. The van der Waals surface area contributed by atoms with Crippen LogP contribution in [0.25, 0.3) is 0 Å². The lowest BCUT2D eigenvalue weighted by Gasteiger charge is -2.11. The number of benzene rings is 1. The third kappa shape index (κ3) is 3.38. The van der Waals surface area contributed by atoms with E-state index in [2.05, 4.69) is 15.5 Å². The molecule has 0 saturated heterocycles. The van der Waals surface area contributed by atoms with E-state index >= 15 is 0 Å². The third-order valence-electron chi connectivity index (χ3n) is 2.74. The average Bonchev–Trinajstić information content (AvgIpc) is 2.54. The Hall–Kier alpha value is -2.83. The van der Waals surface area contributed by atoms with Crippen molar-refractivity contribution in [3.05, 3.63) is 36.0 Å². The van der Waals surface area contributed by atoms with Crippen LogP contribution < -0.4 is 19.5 Å². The molecule has 0 aliphatic heterocycles. The van der Waals surface area contributed by atoms with Gasteiger partial charge in [-0.25, -0.2) is 0 Å². The molecule has 21 heavy (non-hydrogen) atoms. The van der Waals surface area contributed by atoms with E-state index in [4.69, 9.17) is 14.2 Å². The summed E-state index contributed by atoms with van der Waals surface area (Å²) in [6.07, 6.45) is 0. The fourth-order valence-electron chi connectivity index (χ4n) is 1.65. The molecule has 1 amide bonds. The molecule has 0 radical (unpaired) electrons. The summed E-state index contributed by atoms with van der Waals surface area (Å²) in [5.41, 5.74) is 0.653. The van der Waals surface area contributed by atoms with Gasteiger partial charge in [0.1, 0.15) is 11.5 Å². The van der Waals surface area contributed by atoms with E-state index in [1.807, 2.05) is 0 Å². The largest absolute Gasteiger partial charge is 0.497 e. The maximum Gasteiger partial charge on any atom is 0.276 e. The predicted molar refractivity (Wildman–Crippen MR) is 76.1 cm³/mol. The highest BCUT2D eigenvalue weighted by molar-refractivity contribution is 6.03. The summed E-state index contributed by atoms with van der Waals surface area (Å²) >= 11 is 0. The van der Waals surface area contributed by atoms with Gasteiger partial charge in [-0.15, -0.1) is 10.2 Å². The standard InChI is InChI=1S/C14H15N3O4/c1-19-9-4-6-12(20-2)11(8-9)15-14(18)10-5-7-13(21-3)17-16-10/h4-8H,1-3H3,(H,15,18). The number of carbonyl (C=O) groups excluding carboxylic acids is 1. The van der Waals surface area contributed by atoms with E-state index < -0.39 is 5.91 Å². The number of hydrogen-bond acceptors (Lipinski definition) is 6. The van der Waals surface area contributed by atoms with Crippen molar-refractivity contribution >= 4 is 11.6 Å². The minimum absolute atomic E-state index is 0.167. The maximum atomic E-state index is 12.1. The van der Waals surface area contributed by atoms with Gasteiger partial charge < -0.3 is 19.5 Å². The number of hydrogen-bond donors (Lipinski definition) is 1. The summed E-state index contributed by atoms with van der Waals surface area (Å²) in [6.45, 7) is 0. The van der Waals surface area contributed by atoms with Crippen molar-refractivity contribution in [1.82, 2.24) is 10.2 Å². The van der Waals surface area contributed by atoms with E-state index in [0.29, 0.717) is 23.1 Å². The number of methoxy groups -OCH3 is 3. The molecular formula is C14H15N3O4. The van der Waals surface area contributed by atoms with Gasteiger partial charge in [-0.1, -0.05) is 0 Å². The molecule has 0 unspecified atom stereocenters. The Morgan fingerprint density at radius 2 is 1.81 bits per heavy atom. The van der Waals surface area contributed by atoms with Gasteiger partial charge >= 0.3 is 0 Å². The van der Waals surface area contributed by atoms with Gasteiger partial charge in [-0.3, -0.25) is 4.79 Å². The molecule has 0 atom stereocenters. The van der Waals surface area contributed by atoms with E-state index in [1.165, 1.54) is 20.3 Å². The van der Waals surface area contributed by atoms with Crippen LogP contribution in [-0.2, 0) is 0 Å². The zero-order valence-electron chi connectivity index (χ0n) is 11.9. The Morgan fingerprint density at radius 1 is 1.00 bits per heavy atom. The van der Waals surface area contributed by atoms with Gasteiger partial charge in [0, 0.05) is 12.1 Å². The first kappa shape index (κ1) is 14.6. The minimum atomic E-state index is -0.406. The lowest BCUT2D eigenvalue weighted by Crippen LogP contribution is -2.15. The maximum absolute atomic E-state index is 12.1. The SMILES string of the molecule is COc1ccc(OC)c(NC(=O)c2ccc(OC)nn2)c1. The Kier molecular flexibility index (Phi) is 4.55. The summed E-state index contributed by atoms with van der Waals surface area (Å²) < 4.78 is 15.2. The molecular weight excluding hydrogens is 274 g/mol. The molecule has 1 heterocycles. The van der Waals surface area contributed by atoms with Crippen LogP contribution in [0.2, 0.25) is 0 Å². The highest BCUT2D eigenvalue weighted by atomic mass is 16.5. The van der Waals surface area contributed by atoms with Crippen molar-refractivity contribution in [3.8, 4) is 17.4 Å². The van der Waals surface area contributed by atoms with Crippen LogP contribution in [0.5, 0.6) is 17.4 Å². The molecule has 0 spiro atoms. The Bertz CT molecular complexity index is 629. The fourth-order valence-corrected chi connectivity index (χ4v) is 1.65. The van der Waals surface area contributed by atoms with E-state index in [0.717, 1.165) is 0 Å². The van der Waals surface area contributed by atoms with Crippen molar-refractivity contribution in [2.75, 3.05) is 26.6 Å². The molecule has 7 heteroatoms. The van der Waals surface area contributed by atoms with Crippen LogP contribution in [0.1, 0.15) is 10.5 Å². The van der Waals surface area contributed by atoms with Gasteiger partial charge in [0.05, 0.1) is 27.0 Å². The third-order valence-corrected chi connectivity index (χ3v) is 2.74. The number of aromatic nitrogens is 2. The van der Waals surface area contributed by atoms with E-state index in [1.54, 1.807) is 31.4 Å². The second kappa shape index (κ2) is 6.56. The minimum Gasteiger partial charge on any atom is -0.497 e. The molecule has 1 N–H and O–H groups in total. The monoisotopic (exact) mass is 289 g/mol. The smallest absolute Gasteiger partial charge is 0.276 e. The number of amides is 1. The summed E-state index contributed by atoms with van der Waals surface area (Å²) in [7, 11) is 4.54. The normalized spacial score (nSPS) is 9.86.